The molecule has 0 amide bonds. The van der Waals surface area contributed by atoms with Gasteiger partial charge in [0.05, 0.1) is 5.56 Å². The van der Waals surface area contributed by atoms with Gasteiger partial charge in [-0.2, -0.15) is 0 Å². The van der Waals surface area contributed by atoms with Crippen molar-refractivity contribution in [3.8, 4) is 11.1 Å². The van der Waals surface area contributed by atoms with Gasteiger partial charge in [0.25, 0.3) is 0 Å². The average Bonchev–Trinajstić information content (AvgIpc) is 2.70. The summed E-state index contributed by atoms with van der Waals surface area (Å²) >= 11 is 0. The zero-order valence-corrected chi connectivity index (χ0v) is 16.6. The summed E-state index contributed by atoms with van der Waals surface area (Å²) in [5, 5.41) is 0. The van der Waals surface area contributed by atoms with Crippen LogP contribution in [0.2, 0.25) is 0 Å². The van der Waals surface area contributed by atoms with Crippen molar-refractivity contribution < 1.29 is 22.0 Å². The molecule has 1 atom stereocenters. The lowest BCUT2D eigenvalue weighted by molar-refractivity contribution is 0.381. The molecular formula is C24H23F5. The molecule has 0 N–H and O–H groups in total. The van der Waals surface area contributed by atoms with Gasteiger partial charge >= 0.3 is 0 Å². The molecule has 0 aliphatic heterocycles. The Morgan fingerprint density at radius 3 is 1.90 bits per heavy atom. The molecule has 0 aliphatic carbocycles. The normalized spacial score (nSPS) is 13.4. The largest absolute Gasteiger partial charge is 0.203 e. The fourth-order valence-corrected chi connectivity index (χ4v) is 2.83. The SMILES string of the molecule is C=C[C@@](C)(/C=C/c1ccc(-c2c(F)c(F)c(F)c(F)c2F)cc1)CCC=C(C)C. The van der Waals surface area contributed by atoms with Gasteiger partial charge in [-0.15, -0.1) is 6.58 Å². The predicted molar refractivity (Wildman–Crippen MR) is 108 cm³/mol. The van der Waals surface area contributed by atoms with Gasteiger partial charge in [-0.05, 0) is 37.8 Å². The van der Waals surface area contributed by atoms with E-state index in [-0.39, 0.29) is 11.0 Å². The third-order valence-electron chi connectivity index (χ3n) is 4.77. The summed E-state index contributed by atoms with van der Waals surface area (Å²) in [5.41, 5.74) is 0.697. The summed E-state index contributed by atoms with van der Waals surface area (Å²) in [6.45, 7) is 9.99. The number of halogens is 5. The van der Waals surface area contributed by atoms with Crippen molar-refractivity contribution in [2.24, 2.45) is 5.41 Å². The number of hydrogen-bond donors (Lipinski definition) is 0. The molecule has 2 aromatic rings. The fraction of sp³-hybridized carbons (Fsp3) is 0.250. The van der Waals surface area contributed by atoms with E-state index in [9.17, 15) is 22.0 Å². The van der Waals surface area contributed by atoms with Crippen molar-refractivity contribution >= 4 is 6.08 Å². The second-order valence-electron chi connectivity index (χ2n) is 7.43. The molecule has 5 heteroatoms. The average molecular weight is 406 g/mol. The van der Waals surface area contributed by atoms with E-state index < -0.39 is 34.6 Å². The van der Waals surface area contributed by atoms with Crippen LogP contribution in [0, 0.1) is 34.5 Å². The minimum Gasteiger partial charge on any atom is -0.203 e. The summed E-state index contributed by atoms with van der Waals surface area (Å²) in [5.74, 6) is -9.77. The lowest BCUT2D eigenvalue weighted by Crippen LogP contribution is -2.08. The highest BCUT2D eigenvalue weighted by Gasteiger charge is 2.26. The highest BCUT2D eigenvalue weighted by Crippen LogP contribution is 2.32. The smallest absolute Gasteiger partial charge is 0.200 e. The first-order chi connectivity index (χ1) is 13.6. The van der Waals surface area contributed by atoms with Crippen LogP contribution in [0.4, 0.5) is 22.0 Å². The Balaban J connectivity index is 2.28. The molecule has 154 valence electrons. The van der Waals surface area contributed by atoms with E-state index in [0.717, 1.165) is 18.4 Å². The summed E-state index contributed by atoms with van der Waals surface area (Å²) in [6.07, 6.45) is 9.58. The first-order valence-corrected chi connectivity index (χ1v) is 9.17. The fourth-order valence-electron chi connectivity index (χ4n) is 2.83. The van der Waals surface area contributed by atoms with Crippen molar-refractivity contribution in [3.05, 3.63) is 89.3 Å². The van der Waals surface area contributed by atoms with Crippen molar-refractivity contribution in [1.29, 1.82) is 0 Å². The van der Waals surface area contributed by atoms with E-state index in [1.807, 2.05) is 39.0 Å². The zero-order valence-electron chi connectivity index (χ0n) is 16.6. The lowest BCUT2D eigenvalue weighted by Gasteiger charge is -2.20. The molecule has 0 spiro atoms. The van der Waals surface area contributed by atoms with Crippen molar-refractivity contribution in [2.45, 2.75) is 33.6 Å². The van der Waals surface area contributed by atoms with E-state index >= 15 is 0 Å². The van der Waals surface area contributed by atoms with Crippen LogP contribution in [0.5, 0.6) is 0 Å². The van der Waals surface area contributed by atoms with Crippen LogP contribution in [0.15, 0.2) is 54.6 Å². The van der Waals surface area contributed by atoms with Gasteiger partial charge in [0.1, 0.15) is 0 Å². The molecule has 0 radical (unpaired) electrons. The van der Waals surface area contributed by atoms with Gasteiger partial charge in [-0.1, -0.05) is 61.1 Å². The first-order valence-electron chi connectivity index (χ1n) is 9.17. The number of allylic oxidation sites excluding steroid dienone is 4. The summed E-state index contributed by atoms with van der Waals surface area (Å²) in [6, 6.07) is 5.77. The first kappa shape index (κ1) is 22.6. The molecule has 0 nitrogen and oxygen atoms in total. The second-order valence-corrected chi connectivity index (χ2v) is 7.43. The van der Waals surface area contributed by atoms with Crippen molar-refractivity contribution in [2.75, 3.05) is 0 Å². The van der Waals surface area contributed by atoms with Crippen molar-refractivity contribution in [3.63, 3.8) is 0 Å². The minimum atomic E-state index is -2.17. The summed E-state index contributed by atoms with van der Waals surface area (Å²) in [4.78, 5) is 0. The quantitative estimate of drug-likeness (QED) is 0.189. The maximum Gasteiger partial charge on any atom is 0.200 e. The standard InChI is InChI=1S/C24H23F5/c1-5-24(4,13-6-7-15(2)3)14-12-16-8-10-17(11-9-16)18-19(25)21(27)23(29)22(28)20(18)26/h5,7-12,14H,1,6,13H2,2-4H3/b14-12+/t24-/m1/s1. The third kappa shape index (κ3) is 5.22. The molecular weight excluding hydrogens is 383 g/mol. The maximum absolute atomic E-state index is 14.0. The Bertz CT molecular complexity index is 921. The Labute approximate surface area is 168 Å². The lowest BCUT2D eigenvalue weighted by atomic mass is 9.84. The summed E-state index contributed by atoms with van der Waals surface area (Å²) in [7, 11) is 0. The van der Waals surface area contributed by atoms with Gasteiger partial charge in [0.15, 0.2) is 23.3 Å². The Kier molecular flexibility index (Phi) is 7.17. The van der Waals surface area contributed by atoms with Gasteiger partial charge < -0.3 is 0 Å². The van der Waals surface area contributed by atoms with E-state index in [2.05, 4.69) is 12.7 Å². The Hall–Kier alpha value is -2.69. The Morgan fingerprint density at radius 1 is 0.897 bits per heavy atom. The third-order valence-corrected chi connectivity index (χ3v) is 4.77. The highest BCUT2D eigenvalue weighted by atomic mass is 19.2. The van der Waals surface area contributed by atoms with Gasteiger partial charge in [-0.3, -0.25) is 0 Å². The molecule has 0 saturated carbocycles. The van der Waals surface area contributed by atoms with E-state index in [0.29, 0.717) is 0 Å². The van der Waals surface area contributed by atoms with E-state index in [1.165, 1.54) is 17.7 Å². The monoisotopic (exact) mass is 406 g/mol. The molecule has 29 heavy (non-hydrogen) atoms. The molecule has 0 unspecified atom stereocenters. The van der Waals surface area contributed by atoms with Crippen LogP contribution >= 0.6 is 0 Å². The van der Waals surface area contributed by atoms with Crippen LogP contribution in [-0.4, -0.2) is 0 Å². The van der Waals surface area contributed by atoms with Gasteiger partial charge in [0, 0.05) is 5.41 Å². The predicted octanol–water partition coefficient (Wildman–Crippen LogP) is 8.00. The number of benzene rings is 2. The maximum atomic E-state index is 14.0. The van der Waals surface area contributed by atoms with Gasteiger partial charge in [-0.25, -0.2) is 22.0 Å². The molecule has 0 heterocycles. The topological polar surface area (TPSA) is 0 Å². The molecule has 0 fully saturated rings. The second kappa shape index (κ2) is 9.21. The molecule has 2 rings (SSSR count). The van der Waals surface area contributed by atoms with E-state index in [1.54, 1.807) is 12.1 Å². The Morgan fingerprint density at radius 2 is 1.41 bits per heavy atom. The molecule has 0 bridgehead atoms. The number of rotatable bonds is 7. The van der Waals surface area contributed by atoms with Gasteiger partial charge in [0.2, 0.25) is 5.82 Å². The molecule has 0 aliphatic rings. The van der Waals surface area contributed by atoms with Crippen LogP contribution in [0.25, 0.3) is 17.2 Å². The van der Waals surface area contributed by atoms with Crippen LogP contribution in [0.3, 0.4) is 0 Å². The minimum absolute atomic E-state index is 0.0926. The van der Waals surface area contributed by atoms with Crippen LogP contribution < -0.4 is 0 Å². The number of hydrogen-bond acceptors (Lipinski definition) is 0. The molecule has 0 aromatic heterocycles. The molecule has 0 saturated heterocycles. The van der Waals surface area contributed by atoms with Crippen LogP contribution in [0.1, 0.15) is 39.2 Å². The molecule has 2 aromatic carbocycles. The zero-order chi connectivity index (χ0) is 21.8. The highest BCUT2D eigenvalue weighted by molar-refractivity contribution is 5.67. The van der Waals surface area contributed by atoms with Crippen LogP contribution in [-0.2, 0) is 0 Å². The van der Waals surface area contributed by atoms with E-state index in [4.69, 9.17) is 0 Å². The summed E-state index contributed by atoms with van der Waals surface area (Å²) < 4.78 is 68.0. The van der Waals surface area contributed by atoms with Crippen molar-refractivity contribution in [1.82, 2.24) is 0 Å².